The normalized spacial score (nSPS) is 17.1. The molecule has 0 unspecified atom stereocenters. The zero-order chi connectivity index (χ0) is 19.7. The smallest absolute Gasteiger partial charge is 0.266 e. The summed E-state index contributed by atoms with van der Waals surface area (Å²) in [6.07, 6.45) is 3.85. The molecule has 0 saturated carbocycles. The van der Waals surface area contributed by atoms with Crippen molar-refractivity contribution in [2.24, 2.45) is 4.99 Å². The fourth-order valence-electron chi connectivity index (χ4n) is 2.88. The quantitative estimate of drug-likeness (QED) is 0.524. The summed E-state index contributed by atoms with van der Waals surface area (Å²) in [6.45, 7) is 1.97. The molecule has 2 heterocycles. The Hall–Kier alpha value is -2.76. The number of para-hydroxylation sites is 1. The van der Waals surface area contributed by atoms with E-state index in [9.17, 15) is 4.79 Å². The van der Waals surface area contributed by atoms with E-state index < -0.39 is 0 Å². The van der Waals surface area contributed by atoms with E-state index in [1.165, 1.54) is 11.8 Å². The lowest BCUT2D eigenvalue weighted by atomic mass is 10.2. The van der Waals surface area contributed by atoms with E-state index in [-0.39, 0.29) is 5.91 Å². The van der Waals surface area contributed by atoms with Crippen molar-refractivity contribution >= 4 is 46.2 Å². The van der Waals surface area contributed by atoms with E-state index in [1.807, 2.05) is 84.4 Å². The van der Waals surface area contributed by atoms with E-state index in [2.05, 4.69) is 4.99 Å². The number of carbonyl (C=O) groups is 1. The average Bonchev–Trinajstić information content (AvgIpc) is 3.26. The maximum absolute atomic E-state index is 12.7. The number of aromatic nitrogens is 1. The third-order valence-electron chi connectivity index (χ3n) is 4.48. The molecule has 28 heavy (non-hydrogen) atoms. The van der Waals surface area contributed by atoms with Gasteiger partial charge in [0.15, 0.2) is 5.17 Å². The van der Waals surface area contributed by atoms with E-state index in [0.29, 0.717) is 15.1 Å². The summed E-state index contributed by atoms with van der Waals surface area (Å²) >= 11 is 7.66. The lowest BCUT2D eigenvalue weighted by molar-refractivity contribution is -0.121. The molecule has 1 aliphatic rings. The van der Waals surface area contributed by atoms with Gasteiger partial charge in [-0.05, 0) is 66.7 Å². The van der Waals surface area contributed by atoms with Gasteiger partial charge in [-0.25, -0.2) is 4.99 Å². The number of aryl methyl sites for hydroxylation is 1. The number of likely N-dealkylation sites (N-methyl/N-ethyl adjacent to an activating group) is 1. The number of amides is 1. The highest BCUT2D eigenvalue weighted by Gasteiger charge is 2.30. The van der Waals surface area contributed by atoms with Crippen LogP contribution in [0.1, 0.15) is 11.3 Å². The largest absolute Gasteiger partial charge is 0.317 e. The third-order valence-corrected chi connectivity index (χ3v) is 5.94. The van der Waals surface area contributed by atoms with Crippen molar-refractivity contribution in [3.05, 3.63) is 88.0 Å². The summed E-state index contributed by atoms with van der Waals surface area (Å²) < 4.78 is 2.01. The van der Waals surface area contributed by atoms with Crippen LogP contribution in [0.5, 0.6) is 0 Å². The van der Waals surface area contributed by atoms with Gasteiger partial charge in [-0.1, -0.05) is 35.9 Å². The van der Waals surface area contributed by atoms with E-state index in [0.717, 1.165) is 22.6 Å². The Morgan fingerprint density at radius 3 is 2.61 bits per heavy atom. The second-order valence-corrected chi connectivity index (χ2v) is 7.86. The molecule has 140 valence electrons. The third kappa shape index (κ3) is 3.63. The maximum Gasteiger partial charge on any atom is 0.266 e. The SMILES string of the molecule is Cc1ccc(-n2cccc2/C=C2\SC(=Nc3ccccc3)N(C)C2=O)cc1Cl. The highest BCUT2D eigenvalue weighted by molar-refractivity contribution is 8.18. The van der Waals surface area contributed by atoms with Crippen molar-refractivity contribution in [1.29, 1.82) is 0 Å². The van der Waals surface area contributed by atoms with Crippen molar-refractivity contribution in [2.75, 3.05) is 7.05 Å². The van der Waals surface area contributed by atoms with Gasteiger partial charge in [0, 0.05) is 29.6 Å². The zero-order valence-corrected chi connectivity index (χ0v) is 17.0. The second kappa shape index (κ2) is 7.70. The number of thioether (sulfide) groups is 1. The summed E-state index contributed by atoms with van der Waals surface area (Å²) in [4.78, 5) is 19.5. The number of rotatable bonds is 3. The lowest BCUT2D eigenvalue weighted by Crippen LogP contribution is -2.23. The Balaban J connectivity index is 1.67. The van der Waals surface area contributed by atoms with Gasteiger partial charge in [0.2, 0.25) is 0 Å². The first-order chi connectivity index (χ1) is 13.5. The highest BCUT2D eigenvalue weighted by Crippen LogP contribution is 2.33. The molecule has 3 aromatic rings. The van der Waals surface area contributed by atoms with Crippen molar-refractivity contribution in [3.63, 3.8) is 0 Å². The predicted molar refractivity (Wildman–Crippen MR) is 117 cm³/mol. The molecule has 0 aliphatic carbocycles. The van der Waals surface area contributed by atoms with Crippen molar-refractivity contribution in [1.82, 2.24) is 9.47 Å². The molecule has 0 bridgehead atoms. The van der Waals surface area contributed by atoms with Crippen LogP contribution in [0.25, 0.3) is 11.8 Å². The van der Waals surface area contributed by atoms with E-state index in [1.54, 1.807) is 11.9 Å². The Morgan fingerprint density at radius 1 is 1.07 bits per heavy atom. The summed E-state index contributed by atoms with van der Waals surface area (Å²) in [6, 6.07) is 19.5. The number of hydrogen-bond donors (Lipinski definition) is 0. The van der Waals surface area contributed by atoms with Gasteiger partial charge < -0.3 is 4.57 Å². The van der Waals surface area contributed by atoms with Gasteiger partial charge in [-0.2, -0.15) is 0 Å². The summed E-state index contributed by atoms with van der Waals surface area (Å²) in [5.74, 6) is -0.0608. The van der Waals surface area contributed by atoms with Gasteiger partial charge in [0.05, 0.1) is 10.6 Å². The molecule has 0 radical (unpaired) electrons. The van der Waals surface area contributed by atoms with Crippen LogP contribution >= 0.6 is 23.4 Å². The maximum atomic E-state index is 12.7. The molecule has 0 spiro atoms. The molecular weight excluding hydrogens is 390 g/mol. The minimum absolute atomic E-state index is 0.0608. The van der Waals surface area contributed by atoms with Crippen molar-refractivity contribution in [3.8, 4) is 5.69 Å². The topological polar surface area (TPSA) is 37.6 Å². The van der Waals surface area contributed by atoms with Crippen LogP contribution in [-0.2, 0) is 4.79 Å². The Kier molecular flexibility index (Phi) is 5.11. The molecule has 1 aromatic heterocycles. The van der Waals surface area contributed by atoms with Crippen LogP contribution < -0.4 is 0 Å². The first-order valence-electron chi connectivity index (χ1n) is 8.78. The van der Waals surface area contributed by atoms with Crippen LogP contribution in [-0.4, -0.2) is 27.6 Å². The second-order valence-electron chi connectivity index (χ2n) is 6.44. The summed E-state index contributed by atoms with van der Waals surface area (Å²) in [5, 5.41) is 1.38. The number of benzene rings is 2. The fourth-order valence-corrected chi connectivity index (χ4v) is 4.02. The first-order valence-corrected chi connectivity index (χ1v) is 9.97. The monoisotopic (exact) mass is 407 g/mol. The number of amidine groups is 1. The van der Waals surface area contributed by atoms with Gasteiger partial charge in [-0.15, -0.1) is 0 Å². The lowest BCUT2D eigenvalue weighted by Gasteiger charge is -2.09. The molecule has 1 aliphatic heterocycles. The van der Waals surface area contributed by atoms with Crippen molar-refractivity contribution < 1.29 is 4.79 Å². The first kappa shape index (κ1) is 18.6. The fraction of sp³-hybridized carbons (Fsp3) is 0.0909. The molecule has 1 fully saturated rings. The number of nitrogens with zero attached hydrogens (tertiary/aromatic N) is 3. The van der Waals surface area contributed by atoms with Crippen LogP contribution in [0.15, 0.2) is 76.8 Å². The van der Waals surface area contributed by atoms with Gasteiger partial charge in [0.25, 0.3) is 5.91 Å². The predicted octanol–water partition coefficient (Wildman–Crippen LogP) is 5.67. The molecule has 4 rings (SSSR count). The number of carbonyl (C=O) groups excluding carboxylic acids is 1. The molecule has 1 saturated heterocycles. The molecule has 1 amide bonds. The highest BCUT2D eigenvalue weighted by atomic mass is 35.5. The van der Waals surface area contributed by atoms with Crippen LogP contribution in [0.3, 0.4) is 0 Å². The van der Waals surface area contributed by atoms with Crippen LogP contribution in [0.4, 0.5) is 5.69 Å². The zero-order valence-electron chi connectivity index (χ0n) is 15.5. The minimum atomic E-state index is -0.0608. The van der Waals surface area contributed by atoms with E-state index in [4.69, 9.17) is 11.6 Å². The molecule has 4 nitrogen and oxygen atoms in total. The van der Waals surface area contributed by atoms with Crippen LogP contribution in [0, 0.1) is 6.92 Å². The summed E-state index contributed by atoms with van der Waals surface area (Å²) in [5.41, 5.74) is 3.71. The number of halogens is 1. The summed E-state index contributed by atoms with van der Waals surface area (Å²) in [7, 11) is 1.75. The molecule has 6 heteroatoms. The van der Waals surface area contributed by atoms with Gasteiger partial charge in [-0.3, -0.25) is 9.69 Å². The van der Waals surface area contributed by atoms with Gasteiger partial charge in [0.1, 0.15) is 0 Å². The number of aliphatic imine (C=N–C) groups is 1. The molecule has 0 N–H and O–H groups in total. The Labute approximate surface area is 173 Å². The van der Waals surface area contributed by atoms with Gasteiger partial charge >= 0.3 is 0 Å². The minimum Gasteiger partial charge on any atom is -0.317 e. The molecule has 2 aromatic carbocycles. The van der Waals surface area contributed by atoms with Crippen LogP contribution in [0.2, 0.25) is 5.02 Å². The molecule has 0 atom stereocenters. The van der Waals surface area contributed by atoms with Crippen molar-refractivity contribution in [2.45, 2.75) is 6.92 Å². The Morgan fingerprint density at radius 2 is 1.86 bits per heavy atom. The standard InChI is InChI=1S/C22H18ClN3OS/c1-15-10-11-18(13-19(15)23)26-12-6-9-17(26)14-20-21(27)25(2)22(28-20)24-16-7-4-3-5-8-16/h3-14H,1-2H3/b20-14-,24-22?. The number of hydrogen-bond acceptors (Lipinski definition) is 3. The Bertz CT molecular complexity index is 1100. The molecular formula is C22H18ClN3OS. The van der Waals surface area contributed by atoms with E-state index >= 15 is 0 Å². The average molecular weight is 408 g/mol.